The maximum absolute atomic E-state index is 13.1. The second kappa shape index (κ2) is 8.21. The van der Waals surface area contributed by atoms with Crippen molar-refractivity contribution in [3.05, 3.63) is 92.4 Å². The van der Waals surface area contributed by atoms with E-state index in [9.17, 15) is 4.79 Å². The minimum absolute atomic E-state index is 0.303. The van der Waals surface area contributed by atoms with Crippen LogP contribution in [0.3, 0.4) is 0 Å². The fourth-order valence-electron chi connectivity index (χ4n) is 2.99. The van der Waals surface area contributed by atoms with E-state index in [1.165, 1.54) is 0 Å². The van der Waals surface area contributed by atoms with Crippen LogP contribution in [0.15, 0.2) is 66.7 Å². The zero-order valence-electron chi connectivity index (χ0n) is 14.7. The molecule has 1 heterocycles. The summed E-state index contributed by atoms with van der Waals surface area (Å²) >= 11 is 24.3. The number of hydrogen-bond donors (Lipinski definition) is 1. The number of halogens is 4. The van der Waals surface area contributed by atoms with Gasteiger partial charge in [-0.3, -0.25) is 4.79 Å². The van der Waals surface area contributed by atoms with Crippen molar-refractivity contribution in [2.75, 3.05) is 5.32 Å². The van der Waals surface area contributed by atoms with Crippen LogP contribution < -0.4 is 5.32 Å². The van der Waals surface area contributed by atoms with Crippen molar-refractivity contribution in [2.45, 2.75) is 0 Å². The number of para-hydroxylation sites is 1. The van der Waals surface area contributed by atoms with Crippen LogP contribution in [0.4, 0.5) is 5.69 Å². The normalized spacial score (nSPS) is 10.9. The van der Waals surface area contributed by atoms with Gasteiger partial charge in [0, 0.05) is 26.7 Å². The lowest BCUT2D eigenvalue weighted by molar-refractivity contribution is 0.102. The third-order valence-electron chi connectivity index (χ3n) is 4.30. The summed E-state index contributed by atoms with van der Waals surface area (Å²) in [5.41, 5.74) is 3.02. The highest BCUT2D eigenvalue weighted by molar-refractivity contribution is 6.42. The molecule has 1 N–H and O–H groups in total. The maximum Gasteiger partial charge on any atom is 0.256 e. The lowest BCUT2D eigenvalue weighted by Gasteiger charge is -2.11. The van der Waals surface area contributed by atoms with E-state index in [4.69, 9.17) is 46.4 Å². The van der Waals surface area contributed by atoms with Crippen molar-refractivity contribution < 1.29 is 4.79 Å². The van der Waals surface area contributed by atoms with E-state index in [1.807, 2.05) is 30.3 Å². The van der Waals surface area contributed by atoms with Gasteiger partial charge in [0.05, 0.1) is 26.8 Å². The second-order valence-electron chi connectivity index (χ2n) is 6.31. The lowest BCUT2D eigenvalue weighted by Crippen LogP contribution is -2.13. The number of benzene rings is 3. The molecule has 4 rings (SSSR count). The maximum atomic E-state index is 13.1. The molecule has 0 unspecified atom stereocenters. The van der Waals surface area contributed by atoms with Crippen LogP contribution in [0.5, 0.6) is 0 Å². The number of hydrogen-bond acceptors (Lipinski definition) is 2. The Labute approximate surface area is 187 Å². The third-order valence-corrected chi connectivity index (χ3v) is 5.47. The molecular weight excluding hydrogens is 450 g/mol. The zero-order chi connectivity index (χ0) is 20.5. The van der Waals surface area contributed by atoms with E-state index in [-0.39, 0.29) is 5.91 Å². The second-order valence-corrected chi connectivity index (χ2v) is 8.00. The van der Waals surface area contributed by atoms with Gasteiger partial charge in [-0.25, -0.2) is 4.98 Å². The van der Waals surface area contributed by atoms with Gasteiger partial charge in [0.1, 0.15) is 0 Å². The zero-order valence-corrected chi connectivity index (χ0v) is 17.7. The van der Waals surface area contributed by atoms with Gasteiger partial charge in [0.25, 0.3) is 5.91 Å². The average Bonchev–Trinajstić information content (AvgIpc) is 2.68. The van der Waals surface area contributed by atoms with Crippen molar-refractivity contribution in [1.29, 1.82) is 0 Å². The van der Waals surface area contributed by atoms with E-state index in [2.05, 4.69) is 10.3 Å². The Morgan fingerprint density at radius 1 is 0.793 bits per heavy atom. The standard InChI is InChI=1S/C22H12Cl4N2O/c23-13-8-14(24)10-15(9-13)27-22(29)17-11-21(12-5-6-18(25)19(26)7-12)28-20-4-2-1-3-16(17)20/h1-11H,(H,27,29). The van der Waals surface area contributed by atoms with Crippen LogP contribution in [-0.4, -0.2) is 10.9 Å². The third kappa shape index (κ3) is 4.34. The summed E-state index contributed by atoms with van der Waals surface area (Å²) in [6.45, 7) is 0. The number of rotatable bonds is 3. The topological polar surface area (TPSA) is 42.0 Å². The monoisotopic (exact) mass is 460 g/mol. The first-order valence-electron chi connectivity index (χ1n) is 8.53. The molecule has 29 heavy (non-hydrogen) atoms. The van der Waals surface area contributed by atoms with Crippen LogP contribution in [0.25, 0.3) is 22.2 Å². The molecule has 4 aromatic rings. The molecule has 0 saturated heterocycles. The van der Waals surface area contributed by atoms with Gasteiger partial charge in [-0.05, 0) is 42.5 Å². The van der Waals surface area contributed by atoms with Crippen molar-refractivity contribution in [3.63, 3.8) is 0 Å². The van der Waals surface area contributed by atoms with Crippen molar-refractivity contribution in [3.8, 4) is 11.3 Å². The highest BCUT2D eigenvalue weighted by atomic mass is 35.5. The van der Waals surface area contributed by atoms with E-state index in [1.54, 1.807) is 36.4 Å². The number of fused-ring (bicyclic) bond motifs is 1. The van der Waals surface area contributed by atoms with Gasteiger partial charge in [0.15, 0.2) is 0 Å². The summed E-state index contributed by atoms with van der Waals surface area (Å²) in [5, 5.41) is 5.31. The molecule has 0 saturated carbocycles. The number of carbonyl (C=O) groups is 1. The van der Waals surface area contributed by atoms with Crippen LogP contribution in [0.1, 0.15) is 10.4 Å². The summed E-state index contributed by atoms with van der Waals surface area (Å²) in [6.07, 6.45) is 0. The molecule has 0 radical (unpaired) electrons. The van der Waals surface area contributed by atoms with Crippen LogP contribution in [-0.2, 0) is 0 Å². The molecule has 0 aliphatic rings. The molecule has 1 aromatic heterocycles. The number of amides is 1. The molecule has 0 bridgehead atoms. The average molecular weight is 462 g/mol. The van der Waals surface area contributed by atoms with Gasteiger partial charge < -0.3 is 5.32 Å². The van der Waals surface area contributed by atoms with E-state index < -0.39 is 0 Å². The number of anilines is 1. The summed E-state index contributed by atoms with van der Waals surface area (Å²) in [7, 11) is 0. The molecule has 1 amide bonds. The Bertz CT molecular complexity index is 1240. The summed E-state index contributed by atoms with van der Waals surface area (Å²) in [4.78, 5) is 17.8. The summed E-state index contributed by atoms with van der Waals surface area (Å²) < 4.78 is 0. The molecule has 0 spiro atoms. The number of carbonyl (C=O) groups excluding carboxylic acids is 1. The van der Waals surface area contributed by atoms with Crippen LogP contribution >= 0.6 is 46.4 Å². The molecule has 0 aliphatic heterocycles. The van der Waals surface area contributed by atoms with Gasteiger partial charge in [0.2, 0.25) is 0 Å². The molecule has 7 heteroatoms. The molecular formula is C22H12Cl4N2O. The molecule has 0 atom stereocenters. The molecule has 0 aliphatic carbocycles. The first kappa shape index (κ1) is 20.0. The van der Waals surface area contributed by atoms with E-state index in [0.29, 0.717) is 42.6 Å². The number of pyridine rings is 1. The quantitative estimate of drug-likeness (QED) is 0.338. The first-order valence-corrected chi connectivity index (χ1v) is 10.0. The van der Waals surface area contributed by atoms with Gasteiger partial charge in [-0.15, -0.1) is 0 Å². The largest absolute Gasteiger partial charge is 0.322 e. The van der Waals surface area contributed by atoms with Crippen LogP contribution in [0, 0.1) is 0 Å². The first-order chi connectivity index (χ1) is 13.9. The highest BCUT2D eigenvalue weighted by Gasteiger charge is 2.15. The Balaban J connectivity index is 1.81. The van der Waals surface area contributed by atoms with Crippen molar-refractivity contribution in [1.82, 2.24) is 4.98 Å². The minimum atomic E-state index is -0.303. The highest BCUT2D eigenvalue weighted by Crippen LogP contribution is 2.31. The van der Waals surface area contributed by atoms with E-state index >= 15 is 0 Å². The predicted molar refractivity (Wildman–Crippen MR) is 122 cm³/mol. The molecule has 3 nitrogen and oxygen atoms in total. The van der Waals surface area contributed by atoms with E-state index in [0.717, 1.165) is 10.9 Å². The summed E-state index contributed by atoms with van der Waals surface area (Å²) in [5.74, 6) is -0.303. The fourth-order valence-corrected chi connectivity index (χ4v) is 3.82. The van der Waals surface area contributed by atoms with Crippen molar-refractivity contribution in [2.24, 2.45) is 0 Å². The minimum Gasteiger partial charge on any atom is -0.322 e. The van der Waals surface area contributed by atoms with Crippen molar-refractivity contribution >= 4 is 68.9 Å². The molecule has 3 aromatic carbocycles. The fraction of sp³-hybridized carbons (Fsp3) is 0. The van der Waals surface area contributed by atoms with Gasteiger partial charge in [-0.2, -0.15) is 0 Å². The lowest BCUT2D eigenvalue weighted by atomic mass is 10.0. The Morgan fingerprint density at radius 2 is 1.52 bits per heavy atom. The molecule has 0 fully saturated rings. The number of nitrogens with zero attached hydrogens (tertiary/aromatic N) is 1. The molecule has 144 valence electrons. The predicted octanol–water partition coefficient (Wildman–Crippen LogP) is 7.77. The Morgan fingerprint density at radius 3 is 2.24 bits per heavy atom. The number of nitrogens with one attached hydrogen (secondary N) is 1. The van der Waals surface area contributed by atoms with Gasteiger partial charge in [-0.1, -0.05) is 70.7 Å². The SMILES string of the molecule is O=C(Nc1cc(Cl)cc(Cl)c1)c1cc(-c2ccc(Cl)c(Cl)c2)nc2ccccc12. The Kier molecular flexibility index (Phi) is 5.66. The Hall–Kier alpha value is -2.30. The smallest absolute Gasteiger partial charge is 0.256 e. The summed E-state index contributed by atoms with van der Waals surface area (Å²) in [6, 6.07) is 19.2. The van der Waals surface area contributed by atoms with Gasteiger partial charge >= 0.3 is 0 Å². The number of aromatic nitrogens is 1. The van der Waals surface area contributed by atoms with Crippen LogP contribution in [0.2, 0.25) is 20.1 Å².